The molecular formula is C16H26N2O2S. The number of hydrogen-bond donors (Lipinski definition) is 2. The van der Waals surface area contributed by atoms with Gasteiger partial charge >= 0.3 is 0 Å². The molecule has 0 bridgehead atoms. The fourth-order valence-electron chi connectivity index (χ4n) is 3.05. The third kappa shape index (κ3) is 3.77. The first-order chi connectivity index (χ1) is 9.97. The van der Waals surface area contributed by atoms with Crippen molar-refractivity contribution in [2.45, 2.75) is 69.7 Å². The summed E-state index contributed by atoms with van der Waals surface area (Å²) in [5.74, 6) is 0. The predicted octanol–water partition coefficient (Wildman–Crippen LogP) is 3.00. The molecule has 0 spiro atoms. The summed E-state index contributed by atoms with van der Waals surface area (Å²) in [5, 5.41) is 0. The second-order valence-corrected chi connectivity index (χ2v) is 7.51. The van der Waals surface area contributed by atoms with Crippen LogP contribution in [0.15, 0.2) is 17.0 Å². The van der Waals surface area contributed by atoms with Crippen molar-refractivity contribution < 1.29 is 8.42 Å². The maximum atomic E-state index is 12.7. The second-order valence-electron chi connectivity index (χ2n) is 5.83. The van der Waals surface area contributed by atoms with Gasteiger partial charge < -0.3 is 5.73 Å². The lowest BCUT2D eigenvalue weighted by atomic mass is 9.96. The summed E-state index contributed by atoms with van der Waals surface area (Å²) in [6, 6.07) is 3.73. The highest BCUT2D eigenvalue weighted by Gasteiger charge is 2.25. The molecule has 118 valence electrons. The van der Waals surface area contributed by atoms with Gasteiger partial charge in [0.2, 0.25) is 10.0 Å². The van der Waals surface area contributed by atoms with Crippen LogP contribution in [0.2, 0.25) is 0 Å². The van der Waals surface area contributed by atoms with Gasteiger partial charge in [0.05, 0.1) is 4.90 Å². The molecule has 0 amide bonds. The lowest BCUT2D eigenvalue weighted by molar-refractivity contribution is 0.412. The standard InChI is InChI=1S/C16H26N2O2S/c1-3-12-10-15(17)14(4-2)16(11-12)21(19,20)18-13-8-6-5-7-9-13/h10-11,13,18H,3-9,17H2,1-2H3. The Morgan fingerprint density at radius 3 is 2.38 bits per heavy atom. The highest BCUT2D eigenvalue weighted by atomic mass is 32.2. The third-order valence-corrected chi connectivity index (χ3v) is 5.87. The van der Waals surface area contributed by atoms with Crippen molar-refractivity contribution in [1.82, 2.24) is 4.72 Å². The van der Waals surface area contributed by atoms with Crippen LogP contribution in [0.4, 0.5) is 5.69 Å². The van der Waals surface area contributed by atoms with Crippen molar-refractivity contribution in [3.8, 4) is 0 Å². The average Bonchev–Trinajstić information content (AvgIpc) is 2.47. The van der Waals surface area contributed by atoms with E-state index in [0.717, 1.165) is 43.2 Å². The molecule has 1 saturated carbocycles. The topological polar surface area (TPSA) is 72.2 Å². The average molecular weight is 310 g/mol. The fraction of sp³-hybridized carbons (Fsp3) is 0.625. The minimum Gasteiger partial charge on any atom is -0.398 e. The summed E-state index contributed by atoms with van der Waals surface area (Å²) in [5.41, 5.74) is 8.33. The van der Waals surface area contributed by atoms with E-state index in [2.05, 4.69) is 4.72 Å². The maximum Gasteiger partial charge on any atom is 0.241 e. The number of aryl methyl sites for hydroxylation is 1. The van der Waals surface area contributed by atoms with Crippen LogP contribution < -0.4 is 10.5 Å². The Bertz CT molecular complexity index is 591. The molecule has 5 heteroatoms. The molecule has 21 heavy (non-hydrogen) atoms. The lowest BCUT2D eigenvalue weighted by Crippen LogP contribution is -2.36. The second kappa shape index (κ2) is 6.79. The molecule has 1 fully saturated rings. The first-order valence-electron chi connectivity index (χ1n) is 7.91. The van der Waals surface area contributed by atoms with Crippen LogP contribution in [-0.4, -0.2) is 14.5 Å². The summed E-state index contributed by atoms with van der Waals surface area (Å²) < 4.78 is 28.3. The van der Waals surface area contributed by atoms with Crippen molar-refractivity contribution in [2.75, 3.05) is 5.73 Å². The summed E-state index contributed by atoms with van der Waals surface area (Å²) in [6.07, 6.45) is 6.68. The van der Waals surface area contributed by atoms with E-state index in [4.69, 9.17) is 5.73 Å². The van der Waals surface area contributed by atoms with E-state index in [1.165, 1.54) is 6.42 Å². The molecule has 0 aromatic heterocycles. The molecule has 3 N–H and O–H groups in total. The van der Waals surface area contributed by atoms with Crippen molar-refractivity contribution in [3.05, 3.63) is 23.3 Å². The van der Waals surface area contributed by atoms with Gasteiger partial charge in [-0.05, 0) is 48.9 Å². The van der Waals surface area contributed by atoms with E-state index in [1.807, 2.05) is 19.9 Å². The summed E-state index contributed by atoms with van der Waals surface area (Å²) in [4.78, 5) is 0.368. The number of rotatable bonds is 5. The number of nitrogen functional groups attached to an aromatic ring is 1. The Balaban J connectivity index is 2.35. The molecule has 1 aliphatic rings. The highest BCUT2D eigenvalue weighted by molar-refractivity contribution is 7.89. The summed E-state index contributed by atoms with van der Waals surface area (Å²) in [6.45, 7) is 3.95. The molecule has 1 aromatic carbocycles. The molecule has 0 saturated heterocycles. The van der Waals surface area contributed by atoms with E-state index in [0.29, 0.717) is 17.0 Å². The van der Waals surface area contributed by atoms with E-state index >= 15 is 0 Å². The van der Waals surface area contributed by atoms with Gasteiger partial charge in [-0.15, -0.1) is 0 Å². The molecule has 0 atom stereocenters. The predicted molar refractivity (Wildman–Crippen MR) is 86.8 cm³/mol. The molecule has 4 nitrogen and oxygen atoms in total. The number of hydrogen-bond acceptors (Lipinski definition) is 3. The minimum absolute atomic E-state index is 0.0694. The largest absolute Gasteiger partial charge is 0.398 e. The number of nitrogens with one attached hydrogen (secondary N) is 1. The van der Waals surface area contributed by atoms with Gasteiger partial charge in [0, 0.05) is 11.7 Å². The zero-order valence-electron chi connectivity index (χ0n) is 13.0. The van der Waals surface area contributed by atoms with Gasteiger partial charge in [0.15, 0.2) is 0 Å². The Kier molecular flexibility index (Phi) is 5.27. The van der Waals surface area contributed by atoms with Crippen molar-refractivity contribution in [1.29, 1.82) is 0 Å². The molecule has 0 aliphatic heterocycles. The van der Waals surface area contributed by atoms with E-state index in [-0.39, 0.29) is 6.04 Å². The van der Waals surface area contributed by atoms with Gasteiger partial charge in [0.1, 0.15) is 0 Å². The fourth-order valence-corrected chi connectivity index (χ4v) is 4.75. The Labute approximate surface area is 128 Å². The molecule has 0 heterocycles. The van der Waals surface area contributed by atoms with E-state index in [9.17, 15) is 8.42 Å². The van der Waals surface area contributed by atoms with E-state index in [1.54, 1.807) is 6.07 Å². The van der Waals surface area contributed by atoms with Crippen LogP contribution in [0.1, 0.15) is 57.1 Å². The van der Waals surface area contributed by atoms with Crippen LogP contribution in [0, 0.1) is 0 Å². The van der Waals surface area contributed by atoms with Gasteiger partial charge in [0.25, 0.3) is 0 Å². The van der Waals surface area contributed by atoms with Gasteiger partial charge in [-0.1, -0.05) is 33.1 Å². The minimum atomic E-state index is -3.49. The smallest absolute Gasteiger partial charge is 0.241 e. The van der Waals surface area contributed by atoms with Crippen molar-refractivity contribution in [3.63, 3.8) is 0 Å². The molecule has 1 aromatic rings. The van der Waals surface area contributed by atoms with Gasteiger partial charge in [-0.25, -0.2) is 13.1 Å². The monoisotopic (exact) mass is 310 g/mol. The normalized spacial score (nSPS) is 17.0. The number of benzene rings is 1. The molecule has 2 rings (SSSR count). The number of nitrogens with two attached hydrogens (primary N) is 1. The van der Waals surface area contributed by atoms with Crippen molar-refractivity contribution in [2.24, 2.45) is 0 Å². The van der Waals surface area contributed by atoms with Gasteiger partial charge in [-0.3, -0.25) is 0 Å². The van der Waals surface area contributed by atoms with Crippen LogP contribution in [0.25, 0.3) is 0 Å². The summed E-state index contributed by atoms with van der Waals surface area (Å²) >= 11 is 0. The maximum absolute atomic E-state index is 12.7. The molecule has 1 aliphatic carbocycles. The molecule has 0 radical (unpaired) electrons. The zero-order chi connectivity index (χ0) is 15.5. The highest BCUT2D eigenvalue weighted by Crippen LogP contribution is 2.27. The quantitative estimate of drug-likeness (QED) is 0.821. The Hall–Kier alpha value is -1.07. The van der Waals surface area contributed by atoms with Gasteiger partial charge in [-0.2, -0.15) is 0 Å². The van der Waals surface area contributed by atoms with Crippen LogP contribution in [0.5, 0.6) is 0 Å². The molecule has 0 unspecified atom stereocenters. The molecular weight excluding hydrogens is 284 g/mol. The van der Waals surface area contributed by atoms with Crippen LogP contribution in [-0.2, 0) is 22.9 Å². The van der Waals surface area contributed by atoms with Crippen LogP contribution in [0.3, 0.4) is 0 Å². The number of anilines is 1. The summed E-state index contributed by atoms with van der Waals surface area (Å²) in [7, 11) is -3.49. The Morgan fingerprint density at radius 1 is 1.14 bits per heavy atom. The zero-order valence-corrected chi connectivity index (χ0v) is 13.8. The first-order valence-corrected chi connectivity index (χ1v) is 9.39. The van der Waals surface area contributed by atoms with E-state index < -0.39 is 10.0 Å². The number of sulfonamides is 1. The lowest BCUT2D eigenvalue weighted by Gasteiger charge is -2.23. The van der Waals surface area contributed by atoms with Crippen molar-refractivity contribution >= 4 is 15.7 Å². The van der Waals surface area contributed by atoms with Crippen LogP contribution >= 0.6 is 0 Å². The SMILES string of the molecule is CCc1cc(N)c(CC)c(S(=O)(=O)NC2CCCCC2)c1. The first kappa shape index (κ1) is 16.3. The third-order valence-electron chi connectivity index (χ3n) is 4.28. The Morgan fingerprint density at radius 2 is 1.81 bits per heavy atom.